The lowest BCUT2D eigenvalue weighted by Gasteiger charge is -2.06. The molecule has 0 atom stereocenters. The van der Waals surface area contributed by atoms with Gasteiger partial charge in [-0.05, 0) is 55.0 Å². The molecule has 0 bridgehead atoms. The molecule has 0 saturated carbocycles. The molecule has 0 unspecified atom stereocenters. The maximum absolute atomic E-state index is 12.8. The van der Waals surface area contributed by atoms with E-state index >= 15 is 0 Å². The second kappa shape index (κ2) is 6.04. The van der Waals surface area contributed by atoms with Crippen LogP contribution in [-0.4, -0.2) is 5.17 Å². The van der Waals surface area contributed by atoms with Crippen LogP contribution in [0.3, 0.4) is 0 Å². The van der Waals surface area contributed by atoms with Crippen molar-refractivity contribution in [3.8, 4) is 0 Å². The lowest BCUT2D eigenvalue weighted by Crippen LogP contribution is -1.98. The number of nitrogens with one attached hydrogen (secondary N) is 1. The average Bonchev–Trinajstić information content (AvgIpc) is 2.38. The fourth-order valence-corrected chi connectivity index (χ4v) is 1.91. The molecule has 19 heavy (non-hydrogen) atoms. The monoisotopic (exact) mass is 296 g/mol. The molecule has 0 amide bonds. The molecule has 98 valence electrons. The highest BCUT2D eigenvalue weighted by Crippen LogP contribution is 2.20. The Morgan fingerprint density at radius 1 is 1.16 bits per heavy atom. The van der Waals surface area contributed by atoms with Gasteiger partial charge in [-0.15, -0.1) is 0 Å². The van der Waals surface area contributed by atoms with Crippen LogP contribution in [0, 0.1) is 12.7 Å². The summed E-state index contributed by atoms with van der Waals surface area (Å²) in [7, 11) is 0. The third-order valence-electron chi connectivity index (χ3n) is 2.55. The summed E-state index contributed by atoms with van der Waals surface area (Å²) < 4.78 is 12.8. The summed E-state index contributed by atoms with van der Waals surface area (Å²) in [5.41, 5.74) is 5.27. The van der Waals surface area contributed by atoms with Gasteiger partial charge in [0.15, 0.2) is 5.17 Å². The van der Waals surface area contributed by atoms with Gasteiger partial charge in [-0.2, -0.15) is 5.10 Å². The molecular formula is C14H11Cl2FN2. The molecule has 5 heteroatoms. The zero-order valence-electron chi connectivity index (χ0n) is 10.1. The minimum atomic E-state index is -0.310. The minimum Gasteiger partial charge on any atom is -0.277 e. The fourth-order valence-electron chi connectivity index (χ4n) is 1.51. The zero-order valence-corrected chi connectivity index (χ0v) is 11.6. The van der Waals surface area contributed by atoms with Crippen molar-refractivity contribution in [2.45, 2.75) is 6.92 Å². The summed E-state index contributed by atoms with van der Waals surface area (Å²) in [4.78, 5) is 0. The van der Waals surface area contributed by atoms with Gasteiger partial charge in [-0.1, -0.05) is 23.2 Å². The van der Waals surface area contributed by atoms with Gasteiger partial charge in [0.05, 0.1) is 5.69 Å². The van der Waals surface area contributed by atoms with Gasteiger partial charge in [-0.3, -0.25) is 5.43 Å². The highest BCUT2D eigenvalue weighted by atomic mass is 35.5. The molecule has 0 fully saturated rings. The normalized spacial score (nSPS) is 11.5. The van der Waals surface area contributed by atoms with E-state index in [4.69, 9.17) is 23.2 Å². The van der Waals surface area contributed by atoms with Gasteiger partial charge in [0.2, 0.25) is 0 Å². The summed E-state index contributed by atoms with van der Waals surface area (Å²) in [5.74, 6) is -0.310. The predicted octanol–water partition coefficient (Wildman–Crippen LogP) is 4.80. The summed E-state index contributed by atoms with van der Waals surface area (Å²) in [5, 5.41) is 4.97. The molecule has 0 aliphatic heterocycles. The molecule has 0 aliphatic rings. The smallest absolute Gasteiger partial charge is 0.156 e. The Bertz CT molecular complexity index is 609. The lowest BCUT2D eigenvalue weighted by atomic mass is 10.2. The van der Waals surface area contributed by atoms with Gasteiger partial charge >= 0.3 is 0 Å². The topological polar surface area (TPSA) is 24.4 Å². The number of nitrogens with zero attached hydrogens (tertiary/aromatic N) is 1. The van der Waals surface area contributed by atoms with E-state index in [0.29, 0.717) is 10.6 Å². The Kier molecular flexibility index (Phi) is 4.40. The molecule has 0 saturated heterocycles. The van der Waals surface area contributed by atoms with Crippen molar-refractivity contribution in [2.75, 3.05) is 5.43 Å². The van der Waals surface area contributed by atoms with Gasteiger partial charge in [0.25, 0.3) is 0 Å². The first kappa shape index (κ1) is 13.8. The number of hydrogen-bond donors (Lipinski definition) is 1. The highest BCUT2D eigenvalue weighted by Gasteiger charge is 2.02. The van der Waals surface area contributed by atoms with Gasteiger partial charge in [0, 0.05) is 10.6 Å². The van der Waals surface area contributed by atoms with Gasteiger partial charge in [-0.25, -0.2) is 4.39 Å². The lowest BCUT2D eigenvalue weighted by molar-refractivity contribution is 0.628. The van der Waals surface area contributed by atoms with Crippen LogP contribution in [0.1, 0.15) is 11.1 Å². The van der Waals surface area contributed by atoms with Crippen LogP contribution in [0.25, 0.3) is 0 Å². The van der Waals surface area contributed by atoms with E-state index in [-0.39, 0.29) is 11.0 Å². The standard InChI is InChI=1S/C14H11Cl2FN2/c1-9-8-11(15)4-7-13(9)18-19-14(16)10-2-5-12(17)6-3-10/h2-8,18H,1H3. The summed E-state index contributed by atoms with van der Waals surface area (Å²) in [6, 6.07) is 11.2. The Morgan fingerprint density at radius 3 is 2.47 bits per heavy atom. The minimum absolute atomic E-state index is 0.259. The third kappa shape index (κ3) is 3.69. The molecule has 1 N–H and O–H groups in total. The summed E-state index contributed by atoms with van der Waals surface area (Å²) in [6.07, 6.45) is 0. The maximum Gasteiger partial charge on any atom is 0.156 e. The van der Waals surface area contributed by atoms with Crippen LogP contribution >= 0.6 is 23.2 Å². The quantitative estimate of drug-likeness (QED) is 0.638. The van der Waals surface area contributed by atoms with Gasteiger partial charge in [0.1, 0.15) is 5.82 Å². The van der Waals surface area contributed by atoms with Crippen LogP contribution in [0.5, 0.6) is 0 Å². The highest BCUT2D eigenvalue weighted by molar-refractivity contribution is 6.69. The van der Waals surface area contributed by atoms with Crippen LogP contribution in [0.4, 0.5) is 10.1 Å². The first-order valence-electron chi connectivity index (χ1n) is 5.57. The van der Waals surface area contributed by atoms with E-state index in [1.807, 2.05) is 19.1 Å². The van der Waals surface area contributed by atoms with Crippen molar-refractivity contribution in [3.63, 3.8) is 0 Å². The number of rotatable bonds is 3. The van der Waals surface area contributed by atoms with Crippen molar-refractivity contribution >= 4 is 34.1 Å². The Hall–Kier alpha value is -1.58. The first-order chi connectivity index (χ1) is 9.06. The fraction of sp³-hybridized carbons (Fsp3) is 0.0714. The van der Waals surface area contributed by atoms with Crippen LogP contribution in [0.15, 0.2) is 47.6 Å². The largest absolute Gasteiger partial charge is 0.277 e. The Labute approximate surface area is 120 Å². The Morgan fingerprint density at radius 2 is 1.84 bits per heavy atom. The number of anilines is 1. The third-order valence-corrected chi connectivity index (χ3v) is 3.08. The summed E-state index contributed by atoms with van der Waals surface area (Å²) in [6.45, 7) is 1.91. The molecule has 0 aromatic heterocycles. The van der Waals surface area contributed by atoms with Gasteiger partial charge < -0.3 is 0 Å². The second-order valence-corrected chi connectivity index (χ2v) is 4.78. The Balaban J connectivity index is 2.15. The van der Waals surface area contributed by atoms with E-state index in [0.717, 1.165) is 11.3 Å². The first-order valence-corrected chi connectivity index (χ1v) is 6.33. The molecule has 2 aromatic rings. The number of aryl methyl sites for hydroxylation is 1. The van der Waals surface area contributed by atoms with E-state index in [1.165, 1.54) is 12.1 Å². The van der Waals surface area contributed by atoms with E-state index in [2.05, 4.69) is 10.5 Å². The number of benzene rings is 2. The number of halogens is 3. The molecule has 0 aliphatic carbocycles. The van der Waals surface area contributed by atoms with Crippen LogP contribution < -0.4 is 5.43 Å². The SMILES string of the molecule is Cc1cc(Cl)ccc1NN=C(Cl)c1ccc(F)cc1. The van der Waals surface area contributed by atoms with Crippen molar-refractivity contribution < 1.29 is 4.39 Å². The molecule has 2 rings (SSSR count). The zero-order chi connectivity index (χ0) is 13.8. The van der Waals surface area contributed by atoms with Crippen molar-refractivity contribution in [3.05, 3.63) is 64.4 Å². The molecular weight excluding hydrogens is 286 g/mol. The van der Waals surface area contributed by atoms with Crippen LogP contribution in [0.2, 0.25) is 5.02 Å². The van der Waals surface area contributed by atoms with Crippen LogP contribution in [-0.2, 0) is 0 Å². The van der Waals surface area contributed by atoms with Crippen molar-refractivity contribution in [2.24, 2.45) is 5.10 Å². The average molecular weight is 297 g/mol. The predicted molar refractivity (Wildman–Crippen MR) is 78.6 cm³/mol. The number of hydrazone groups is 1. The van der Waals surface area contributed by atoms with Crippen molar-refractivity contribution in [1.82, 2.24) is 0 Å². The molecule has 0 radical (unpaired) electrons. The van der Waals surface area contributed by atoms with E-state index in [9.17, 15) is 4.39 Å². The molecule has 2 nitrogen and oxygen atoms in total. The molecule has 2 aromatic carbocycles. The molecule has 0 heterocycles. The van der Waals surface area contributed by atoms with E-state index in [1.54, 1.807) is 18.2 Å². The second-order valence-electron chi connectivity index (χ2n) is 3.98. The summed E-state index contributed by atoms with van der Waals surface area (Å²) >= 11 is 11.9. The van der Waals surface area contributed by atoms with E-state index < -0.39 is 0 Å². The maximum atomic E-state index is 12.8. The van der Waals surface area contributed by atoms with Crippen molar-refractivity contribution in [1.29, 1.82) is 0 Å². The number of hydrogen-bond acceptors (Lipinski definition) is 2. The molecule has 0 spiro atoms.